The van der Waals surface area contributed by atoms with Crippen LogP contribution >= 0.6 is 0 Å². The number of carbonyl (C=O) groups excluding carboxylic acids is 1. The predicted octanol–water partition coefficient (Wildman–Crippen LogP) is 2.94. The van der Waals surface area contributed by atoms with Gasteiger partial charge in [0.05, 0.1) is 0 Å². The van der Waals surface area contributed by atoms with Crippen LogP contribution in [0.15, 0.2) is 18.2 Å². The second-order valence-corrected chi connectivity index (χ2v) is 5.53. The van der Waals surface area contributed by atoms with E-state index in [4.69, 9.17) is 0 Å². The summed E-state index contributed by atoms with van der Waals surface area (Å²) >= 11 is 0. The monoisotopic (exact) mass is 263 g/mol. The fourth-order valence-corrected chi connectivity index (χ4v) is 3.57. The molecular weight excluding hydrogens is 245 g/mol. The molecule has 0 spiro atoms. The highest BCUT2D eigenvalue weighted by molar-refractivity contribution is 5.97. The topological polar surface area (TPSA) is 40.5 Å². The van der Waals surface area contributed by atoms with Gasteiger partial charge in [0.15, 0.2) is 0 Å². The minimum Gasteiger partial charge on any atom is -0.507 e. The summed E-state index contributed by atoms with van der Waals surface area (Å²) in [5, 5.41) is 9.75. The largest absolute Gasteiger partial charge is 0.507 e. The third-order valence-electron chi connectivity index (χ3n) is 4.46. The van der Waals surface area contributed by atoms with Crippen molar-refractivity contribution in [1.82, 2.24) is 4.90 Å². The summed E-state index contributed by atoms with van der Waals surface area (Å²) in [5.74, 6) is -0.686. The van der Waals surface area contributed by atoms with Crippen molar-refractivity contribution in [2.45, 2.75) is 38.1 Å². The summed E-state index contributed by atoms with van der Waals surface area (Å²) in [6, 6.07) is 4.24. The van der Waals surface area contributed by atoms with E-state index in [9.17, 15) is 14.3 Å². The number of benzene rings is 1. The van der Waals surface area contributed by atoms with Gasteiger partial charge >= 0.3 is 0 Å². The number of likely N-dealkylation sites (tertiary alicyclic amines) is 1. The second kappa shape index (κ2) is 4.83. The summed E-state index contributed by atoms with van der Waals surface area (Å²) in [6.07, 6.45) is 5.45. The van der Waals surface area contributed by atoms with Gasteiger partial charge in [-0.1, -0.05) is 12.5 Å². The van der Waals surface area contributed by atoms with Crippen molar-refractivity contribution in [3.8, 4) is 5.75 Å². The molecule has 1 N–H and O–H groups in total. The van der Waals surface area contributed by atoms with E-state index in [0.29, 0.717) is 12.5 Å². The first kappa shape index (κ1) is 12.5. The van der Waals surface area contributed by atoms with Crippen LogP contribution in [0.3, 0.4) is 0 Å². The van der Waals surface area contributed by atoms with Crippen molar-refractivity contribution >= 4 is 5.91 Å². The summed E-state index contributed by atoms with van der Waals surface area (Å²) in [7, 11) is 0. The highest BCUT2D eigenvalue weighted by atomic mass is 19.1. The molecule has 102 valence electrons. The van der Waals surface area contributed by atoms with Gasteiger partial charge < -0.3 is 10.0 Å². The van der Waals surface area contributed by atoms with Crippen LogP contribution in [0, 0.1) is 11.7 Å². The van der Waals surface area contributed by atoms with Gasteiger partial charge in [0.2, 0.25) is 0 Å². The molecule has 1 heterocycles. The minimum atomic E-state index is -0.634. The minimum absolute atomic E-state index is 0.171. The molecule has 2 atom stereocenters. The van der Waals surface area contributed by atoms with Crippen LogP contribution in [-0.4, -0.2) is 28.5 Å². The van der Waals surface area contributed by atoms with Gasteiger partial charge in [-0.25, -0.2) is 4.39 Å². The number of hydrogen-bond donors (Lipinski definition) is 1. The molecule has 2 fully saturated rings. The SMILES string of the molecule is O=C(c1c(O)cccc1F)N1CCCC2CCCC21. The quantitative estimate of drug-likeness (QED) is 0.846. The molecule has 1 saturated heterocycles. The van der Waals surface area contributed by atoms with Gasteiger partial charge in [-0.15, -0.1) is 0 Å². The number of fused-ring (bicyclic) bond motifs is 1. The summed E-state index contributed by atoms with van der Waals surface area (Å²) < 4.78 is 13.8. The number of nitrogens with zero attached hydrogens (tertiary/aromatic N) is 1. The van der Waals surface area contributed by atoms with Crippen LogP contribution in [0.1, 0.15) is 42.5 Å². The number of amides is 1. The molecule has 1 aliphatic carbocycles. The highest BCUT2D eigenvalue weighted by Crippen LogP contribution is 2.38. The van der Waals surface area contributed by atoms with Gasteiger partial charge in [0, 0.05) is 12.6 Å². The van der Waals surface area contributed by atoms with Crippen LogP contribution in [0.5, 0.6) is 5.75 Å². The standard InChI is InChI=1S/C15H18FNO2/c16-11-6-2-8-13(18)14(11)15(19)17-9-3-5-10-4-1-7-12(10)17/h2,6,8,10,12,18H,1,3-5,7,9H2. The Labute approximate surface area is 112 Å². The molecule has 3 rings (SSSR count). The zero-order valence-corrected chi connectivity index (χ0v) is 10.8. The van der Waals surface area contributed by atoms with Crippen LogP contribution in [-0.2, 0) is 0 Å². The molecule has 19 heavy (non-hydrogen) atoms. The van der Waals surface area contributed by atoms with Gasteiger partial charge in [-0.3, -0.25) is 4.79 Å². The highest BCUT2D eigenvalue weighted by Gasteiger charge is 2.38. The lowest BCUT2D eigenvalue weighted by atomic mass is 9.91. The van der Waals surface area contributed by atoms with Gasteiger partial charge in [-0.05, 0) is 43.7 Å². The van der Waals surface area contributed by atoms with Crippen LogP contribution in [0.2, 0.25) is 0 Å². The summed E-state index contributed by atoms with van der Waals surface area (Å²) in [5.41, 5.74) is -0.171. The molecule has 4 heteroatoms. The molecule has 3 nitrogen and oxygen atoms in total. The maximum atomic E-state index is 13.8. The lowest BCUT2D eigenvalue weighted by molar-refractivity contribution is 0.0540. The third kappa shape index (κ3) is 2.09. The lowest BCUT2D eigenvalue weighted by Gasteiger charge is -2.38. The Hall–Kier alpha value is -1.58. The van der Waals surface area contributed by atoms with Crippen LogP contribution in [0.4, 0.5) is 4.39 Å². The number of rotatable bonds is 1. The van der Waals surface area contributed by atoms with Crippen molar-refractivity contribution in [3.05, 3.63) is 29.6 Å². The van der Waals surface area contributed by atoms with Gasteiger partial charge in [0.1, 0.15) is 17.1 Å². The van der Waals surface area contributed by atoms with Gasteiger partial charge in [-0.2, -0.15) is 0 Å². The molecule has 1 saturated carbocycles. The molecule has 1 amide bonds. The van der Waals surface area contributed by atoms with Crippen LogP contribution < -0.4 is 0 Å². The molecule has 0 aromatic heterocycles. The van der Waals surface area contributed by atoms with E-state index in [1.54, 1.807) is 4.90 Å². The summed E-state index contributed by atoms with van der Waals surface area (Å²) in [6.45, 7) is 0.674. The second-order valence-electron chi connectivity index (χ2n) is 5.53. The number of hydrogen-bond acceptors (Lipinski definition) is 2. The Kier molecular flexibility index (Phi) is 3.17. The smallest absolute Gasteiger partial charge is 0.260 e. The summed E-state index contributed by atoms with van der Waals surface area (Å²) in [4.78, 5) is 14.3. The average molecular weight is 263 g/mol. The number of piperidine rings is 1. The van der Waals surface area contributed by atoms with Crippen LogP contribution in [0.25, 0.3) is 0 Å². The maximum absolute atomic E-state index is 13.8. The Morgan fingerprint density at radius 3 is 2.84 bits per heavy atom. The Morgan fingerprint density at radius 2 is 2.05 bits per heavy atom. The van der Waals surface area contributed by atoms with Crippen molar-refractivity contribution in [2.24, 2.45) is 5.92 Å². The molecule has 0 bridgehead atoms. The van der Waals surface area contributed by atoms with Crippen molar-refractivity contribution in [3.63, 3.8) is 0 Å². The van der Waals surface area contributed by atoms with Crippen molar-refractivity contribution < 1.29 is 14.3 Å². The van der Waals surface area contributed by atoms with E-state index in [2.05, 4.69) is 0 Å². The number of aromatic hydroxyl groups is 1. The van der Waals surface area contributed by atoms with E-state index in [-0.39, 0.29) is 23.3 Å². The molecule has 1 aliphatic heterocycles. The number of phenols is 1. The average Bonchev–Trinajstić information content (AvgIpc) is 2.86. The molecule has 1 aromatic carbocycles. The van der Waals surface area contributed by atoms with E-state index in [0.717, 1.165) is 32.1 Å². The fraction of sp³-hybridized carbons (Fsp3) is 0.533. The zero-order chi connectivity index (χ0) is 13.4. The Morgan fingerprint density at radius 1 is 1.26 bits per heavy atom. The molecule has 0 radical (unpaired) electrons. The van der Waals surface area contributed by atoms with Crippen molar-refractivity contribution in [1.29, 1.82) is 0 Å². The predicted molar refractivity (Wildman–Crippen MR) is 69.5 cm³/mol. The Bertz CT molecular complexity index is 483. The number of carbonyl (C=O) groups is 1. The third-order valence-corrected chi connectivity index (χ3v) is 4.46. The zero-order valence-electron chi connectivity index (χ0n) is 10.8. The van der Waals surface area contributed by atoms with Crippen molar-refractivity contribution in [2.75, 3.05) is 6.54 Å². The molecule has 2 unspecified atom stereocenters. The van der Waals surface area contributed by atoms with E-state index in [1.807, 2.05) is 0 Å². The normalized spacial score (nSPS) is 26.3. The van der Waals surface area contributed by atoms with E-state index < -0.39 is 5.82 Å². The van der Waals surface area contributed by atoms with Gasteiger partial charge in [0.25, 0.3) is 5.91 Å². The number of phenolic OH excluding ortho intramolecular Hbond substituents is 1. The lowest BCUT2D eigenvalue weighted by Crippen LogP contribution is -2.46. The fourth-order valence-electron chi connectivity index (χ4n) is 3.57. The first-order valence-electron chi connectivity index (χ1n) is 6.97. The molecular formula is C15H18FNO2. The first-order valence-corrected chi connectivity index (χ1v) is 6.97. The number of halogens is 1. The molecule has 2 aliphatic rings. The van der Waals surface area contributed by atoms with E-state index in [1.165, 1.54) is 18.2 Å². The maximum Gasteiger partial charge on any atom is 0.260 e. The molecule has 1 aromatic rings. The Balaban J connectivity index is 1.91. The first-order chi connectivity index (χ1) is 9.18. The van der Waals surface area contributed by atoms with E-state index >= 15 is 0 Å².